The van der Waals surface area contributed by atoms with Gasteiger partial charge in [-0.15, -0.1) is 0 Å². The van der Waals surface area contributed by atoms with Crippen molar-refractivity contribution in [1.82, 2.24) is 29.7 Å². The highest BCUT2D eigenvalue weighted by Gasteiger charge is 2.23. The van der Waals surface area contributed by atoms with Crippen molar-refractivity contribution in [2.45, 2.75) is 45.8 Å². The minimum absolute atomic E-state index is 0.0164. The summed E-state index contributed by atoms with van der Waals surface area (Å²) in [4.78, 5) is 57.9. The van der Waals surface area contributed by atoms with E-state index in [9.17, 15) is 14.4 Å². The first-order chi connectivity index (χ1) is 22.8. The molecule has 5 rings (SSSR count). The SMILES string of the molecule is C/C=c1/c(=O)[nH]c(C(CCN2CCN(C(=O)CCc3nc4c(OCc5ccccc5)cccc4c(=O)[nH]3)CC2)OC)n/c1=C(/C)OC. The van der Waals surface area contributed by atoms with Crippen molar-refractivity contribution in [1.29, 1.82) is 0 Å². The third-order valence-electron chi connectivity index (χ3n) is 8.48. The van der Waals surface area contributed by atoms with Crippen LogP contribution in [-0.2, 0) is 27.3 Å². The summed E-state index contributed by atoms with van der Waals surface area (Å²) in [6.45, 7) is 7.25. The number of carbonyl (C=O) groups excluding carboxylic acids is 1. The maximum Gasteiger partial charge on any atom is 0.258 e. The molecule has 3 heterocycles. The zero-order valence-corrected chi connectivity index (χ0v) is 27.4. The van der Waals surface area contributed by atoms with Gasteiger partial charge in [0.25, 0.3) is 11.1 Å². The third kappa shape index (κ3) is 8.13. The lowest BCUT2D eigenvalue weighted by molar-refractivity contribution is -0.133. The molecule has 248 valence electrons. The van der Waals surface area contributed by atoms with Crippen molar-refractivity contribution in [2.75, 3.05) is 46.9 Å². The van der Waals surface area contributed by atoms with Crippen LogP contribution in [0.15, 0.2) is 58.1 Å². The van der Waals surface area contributed by atoms with Crippen LogP contribution in [0.2, 0.25) is 0 Å². The van der Waals surface area contributed by atoms with Gasteiger partial charge in [-0.25, -0.2) is 9.97 Å². The van der Waals surface area contributed by atoms with Crippen LogP contribution >= 0.6 is 0 Å². The number of benzene rings is 2. The van der Waals surface area contributed by atoms with Gasteiger partial charge in [-0.2, -0.15) is 0 Å². The second-order valence-corrected chi connectivity index (χ2v) is 11.4. The van der Waals surface area contributed by atoms with Gasteiger partial charge in [0.05, 0.1) is 17.7 Å². The van der Waals surface area contributed by atoms with Gasteiger partial charge in [-0.1, -0.05) is 42.5 Å². The Kier molecular flexibility index (Phi) is 11.2. The number of aromatic amines is 2. The van der Waals surface area contributed by atoms with Crippen molar-refractivity contribution in [3.63, 3.8) is 0 Å². The zero-order chi connectivity index (χ0) is 33.3. The van der Waals surface area contributed by atoms with Crippen molar-refractivity contribution in [3.8, 4) is 5.75 Å². The Balaban J connectivity index is 1.15. The lowest BCUT2D eigenvalue weighted by Crippen LogP contribution is -2.49. The molecule has 12 heteroatoms. The molecular weight excluding hydrogens is 600 g/mol. The Bertz CT molecular complexity index is 1930. The molecule has 0 radical (unpaired) electrons. The van der Waals surface area contributed by atoms with Gasteiger partial charge >= 0.3 is 0 Å². The Morgan fingerprint density at radius 3 is 2.45 bits per heavy atom. The molecule has 1 fully saturated rings. The van der Waals surface area contributed by atoms with E-state index in [0.717, 1.165) is 5.56 Å². The number of H-pyrrole nitrogens is 2. The lowest BCUT2D eigenvalue weighted by atomic mass is 10.2. The number of piperazine rings is 1. The standard InChI is InChI=1S/C35H42N6O6/c1-5-25-31(23(2)45-3)38-33(39-34(25)43)28(46-4)16-17-40-18-20-41(21-19-40)30(42)15-14-29-36-32-26(35(44)37-29)12-9-13-27(32)47-22-24-10-7-6-8-11-24/h5-13,28H,14-22H2,1-4H3,(H,36,37,44)(H,38,39,43)/b25-5+,31-23-. The van der Waals surface area contributed by atoms with Gasteiger partial charge in [0.15, 0.2) is 0 Å². The molecule has 0 aliphatic carbocycles. The highest BCUT2D eigenvalue weighted by Crippen LogP contribution is 2.23. The van der Waals surface area contributed by atoms with Crippen molar-refractivity contribution in [2.24, 2.45) is 0 Å². The number of nitrogens with zero attached hydrogens (tertiary/aromatic N) is 4. The van der Waals surface area contributed by atoms with Gasteiger partial charge in [0.1, 0.15) is 46.7 Å². The number of carbonyl (C=O) groups is 1. The predicted molar refractivity (Wildman–Crippen MR) is 179 cm³/mol. The van der Waals surface area contributed by atoms with Crippen LogP contribution in [0.5, 0.6) is 5.75 Å². The van der Waals surface area contributed by atoms with Gasteiger partial charge < -0.3 is 29.1 Å². The molecule has 0 spiro atoms. The van der Waals surface area contributed by atoms with Gasteiger partial charge in [-0.05, 0) is 38.0 Å². The number of aryl methyl sites for hydroxylation is 1. The van der Waals surface area contributed by atoms with E-state index in [2.05, 4.69) is 24.8 Å². The summed E-state index contributed by atoms with van der Waals surface area (Å²) in [6, 6.07) is 15.1. The van der Waals surface area contributed by atoms with Crippen LogP contribution in [0, 0.1) is 0 Å². The molecule has 2 N–H and O–H groups in total. The third-order valence-corrected chi connectivity index (χ3v) is 8.48. The van der Waals surface area contributed by atoms with E-state index in [1.54, 1.807) is 52.3 Å². The quantitative estimate of drug-likeness (QED) is 0.237. The van der Waals surface area contributed by atoms with Gasteiger partial charge in [-0.3, -0.25) is 19.3 Å². The Labute approximate surface area is 272 Å². The molecule has 12 nitrogen and oxygen atoms in total. The number of fused-ring (bicyclic) bond motifs is 1. The average molecular weight is 643 g/mol. The average Bonchev–Trinajstić information content (AvgIpc) is 3.10. The predicted octanol–water partition coefficient (Wildman–Crippen LogP) is 2.01. The molecular formula is C35H42N6O6. The topological polar surface area (TPSA) is 143 Å². The van der Waals surface area contributed by atoms with Gasteiger partial charge in [0.2, 0.25) is 5.91 Å². The first-order valence-electron chi connectivity index (χ1n) is 15.8. The van der Waals surface area contributed by atoms with Crippen molar-refractivity contribution >= 4 is 28.6 Å². The van der Waals surface area contributed by atoms with E-state index in [1.807, 2.05) is 35.2 Å². The van der Waals surface area contributed by atoms with Gasteiger partial charge in [0, 0.05) is 52.7 Å². The summed E-state index contributed by atoms with van der Waals surface area (Å²) in [5.41, 5.74) is 1.00. The molecule has 1 amide bonds. The van der Waals surface area contributed by atoms with E-state index in [1.165, 1.54) is 0 Å². The largest absolute Gasteiger partial charge is 0.499 e. The molecule has 2 aromatic heterocycles. The summed E-state index contributed by atoms with van der Waals surface area (Å²) in [7, 11) is 3.15. The smallest absolute Gasteiger partial charge is 0.258 e. The number of para-hydroxylation sites is 1. The highest BCUT2D eigenvalue weighted by atomic mass is 16.5. The molecule has 47 heavy (non-hydrogen) atoms. The fourth-order valence-corrected chi connectivity index (χ4v) is 5.71. The fourth-order valence-electron chi connectivity index (χ4n) is 5.71. The van der Waals surface area contributed by atoms with E-state index < -0.39 is 6.10 Å². The lowest BCUT2D eigenvalue weighted by Gasteiger charge is -2.35. The first kappa shape index (κ1) is 33.6. The van der Waals surface area contributed by atoms with Crippen LogP contribution in [0.1, 0.15) is 50.0 Å². The summed E-state index contributed by atoms with van der Waals surface area (Å²) in [5.74, 6) is 2.01. The fraction of sp³-hybridized carbons (Fsp3) is 0.400. The van der Waals surface area contributed by atoms with E-state index in [0.29, 0.717) is 96.8 Å². The Hall–Kier alpha value is -4.81. The summed E-state index contributed by atoms with van der Waals surface area (Å²) >= 11 is 0. The Morgan fingerprint density at radius 1 is 0.979 bits per heavy atom. The van der Waals surface area contributed by atoms with Crippen LogP contribution in [0.4, 0.5) is 0 Å². The summed E-state index contributed by atoms with van der Waals surface area (Å²) in [5, 5.41) is 1.41. The van der Waals surface area contributed by atoms with Crippen molar-refractivity contribution in [3.05, 3.63) is 97.0 Å². The number of amides is 1. The molecule has 1 aliphatic heterocycles. The Morgan fingerprint density at radius 2 is 1.74 bits per heavy atom. The second kappa shape index (κ2) is 15.7. The number of nitrogens with one attached hydrogen (secondary N) is 2. The van der Waals surface area contributed by atoms with Crippen LogP contribution in [0.3, 0.4) is 0 Å². The number of methoxy groups -OCH3 is 2. The molecule has 1 unspecified atom stereocenters. The molecule has 1 aliphatic rings. The first-order valence-corrected chi connectivity index (χ1v) is 15.8. The zero-order valence-electron chi connectivity index (χ0n) is 27.4. The number of hydrogen-bond donors (Lipinski definition) is 2. The van der Waals surface area contributed by atoms with E-state index >= 15 is 0 Å². The summed E-state index contributed by atoms with van der Waals surface area (Å²) < 4.78 is 17.1. The number of aromatic nitrogens is 4. The van der Waals surface area contributed by atoms with Crippen LogP contribution in [-0.4, -0.2) is 82.6 Å². The maximum atomic E-state index is 13.1. The molecule has 1 saturated heterocycles. The van der Waals surface area contributed by atoms with E-state index in [-0.39, 0.29) is 23.4 Å². The van der Waals surface area contributed by atoms with E-state index in [4.69, 9.17) is 14.2 Å². The van der Waals surface area contributed by atoms with Crippen LogP contribution < -0.4 is 26.4 Å². The molecule has 0 saturated carbocycles. The highest BCUT2D eigenvalue weighted by molar-refractivity contribution is 5.83. The maximum absolute atomic E-state index is 13.1. The number of hydrogen-bond acceptors (Lipinski definition) is 9. The molecule has 4 aromatic rings. The summed E-state index contributed by atoms with van der Waals surface area (Å²) in [6.07, 6.45) is 2.47. The molecule has 2 aromatic carbocycles. The van der Waals surface area contributed by atoms with Crippen molar-refractivity contribution < 1.29 is 19.0 Å². The number of ether oxygens (including phenoxy) is 3. The monoisotopic (exact) mass is 642 g/mol. The normalized spacial score (nSPS) is 15.5. The minimum atomic E-state index is -0.405. The number of rotatable bonds is 12. The molecule has 0 bridgehead atoms. The van der Waals surface area contributed by atoms with Crippen LogP contribution in [0.25, 0.3) is 22.7 Å². The molecule has 1 atom stereocenters. The minimum Gasteiger partial charge on any atom is -0.499 e. The second-order valence-electron chi connectivity index (χ2n) is 11.4.